The number of amides is 2. The van der Waals surface area contributed by atoms with Crippen molar-refractivity contribution in [3.63, 3.8) is 0 Å². The summed E-state index contributed by atoms with van der Waals surface area (Å²) in [5, 5.41) is 0.518. The topological polar surface area (TPSA) is 93.9 Å². The maximum absolute atomic E-state index is 13.4. The lowest BCUT2D eigenvalue weighted by Gasteiger charge is -2.13. The number of ether oxygens (including phenoxy) is 1. The zero-order valence-electron chi connectivity index (χ0n) is 21.0. The molecule has 1 aliphatic rings. The van der Waals surface area contributed by atoms with Crippen LogP contribution in [0.5, 0.6) is 5.75 Å². The van der Waals surface area contributed by atoms with E-state index in [0.717, 1.165) is 5.56 Å². The quantitative estimate of drug-likeness (QED) is 0.132. The molecule has 0 saturated heterocycles. The molecule has 198 valence electrons. The molecule has 0 fully saturated rings. The summed E-state index contributed by atoms with van der Waals surface area (Å²) in [6.45, 7) is 2.18. The summed E-state index contributed by atoms with van der Waals surface area (Å²) in [4.78, 5) is 52.4. The molecule has 0 aliphatic carbocycles. The number of halogens is 2. The van der Waals surface area contributed by atoms with Gasteiger partial charge in [0.25, 0.3) is 11.8 Å². The van der Waals surface area contributed by atoms with E-state index in [1.165, 1.54) is 17.0 Å². The Balaban J connectivity index is 1.27. The average Bonchev–Trinajstić information content (AvgIpc) is 3.16. The summed E-state index contributed by atoms with van der Waals surface area (Å²) in [5.41, 5.74) is 1.96. The van der Waals surface area contributed by atoms with Crippen molar-refractivity contribution in [2.75, 3.05) is 6.54 Å². The first-order valence-corrected chi connectivity index (χ1v) is 13.2. The van der Waals surface area contributed by atoms with Crippen LogP contribution in [0.4, 0.5) is 0 Å². The second-order valence-electron chi connectivity index (χ2n) is 9.31. The Hall–Kier alpha value is -3.94. The number of hydrogen-bond donors (Lipinski definition) is 0. The van der Waals surface area contributed by atoms with Gasteiger partial charge >= 0.3 is 5.97 Å². The molecular weight excluding hydrogens is 541 g/mol. The minimum Gasteiger partial charge on any atom is -0.450 e. The summed E-state index contributed by atoms with van der Waals surface area (Å²) in [7, 11) is 0. The molecule has 4 aromatic rings. The number of aryl methyl sites for hydroxylation is 1. The minimum atomic E-state index is -0.608. The van der Waals surface area contributed by atoms with Crippen molar-refractivity contribution in [3.05, 3.63) is 97.6 Å². The van der Waals surface area contributed by atoms with Crippen LogP contribution < -0.4 is 10.2 Å². The van der Waals surface area contributed by atoms with Crippen molar-refractivity contribution in [3.8, 4) is 17.1 Å². The van der Waals surface area contributed by atoms with Crippen LogP contribution in [0.25, 0.3) is 22.3 Å². The van der Waals surface area contributed by atoms with Crippen LogP contribution in [0.3, 0.4) is 0 Å². The smallest absolute Gasteiger partial charge is 0.311 e. The second kappa shape index (κ2) is 11.0. The molecule has 1 aromatic heterocycles. The van der Waals surface area contributed by atoms with Crippen molar-refractivity contribution in [1.82, 2.24) is 4.90 Å². The van der Waals surface area contributed by atoms with Gasteiger partial charge < -0.3 is 9.15 Å². The molecule has 7 nitrogen and oxygen atoms in total. The first kappa shape index (κ1) is 26.7. The van der Waals surface area contributed by atoms with Crippen molar-refractivity contribution in [2.24, 2.45) is 0 Å². The Morgan fingerprint density at radius 1 is 0.897 bits per heavy atom. The van der Waals surface area contributed by atoms with Gasteiger partial charge in [0, 0.05) is 23.6 Å². The van der Waals surface area contributed by atoms with Crippen molar-refractivity contribution in [1.29, 1.82) is 0 Å². The summed E-state index contributed by atoms with van der Waals surface area (Å²) in [6, 6.07) is 16.9. The summed E-state index contributed by atoms with van der Waals surface area (Å²) in [5.74, 6) is -1.36. The Kier molecular flexibility index (Phi) is 7.55. The molecule has 0 unspecified atom stereocenters. The third kappa shape index (κ3) is 5.33. The molecule has 0 spiro atoms. The van der Waals surface area contributed by atoms with E-state index in [2.05, 4.69) is 0 Å². The number of carbonyl (C=O) groups excluding carboxylic acids is 3. The van der Waals surface area contributed by atoms with Crippen LogP contribution in [0.2, 0.25) is 10.0 Å². The highest BCUT2D eigenvalue weighted by Gasteiger charge is 2.34. The molecule has 2 amide bonds. The maximum Gasteiger partial charge on any atom is 0.311 e. The molecule has 3 aromatic carbocycles. The highest BCUT2D eigenvalue weighted by molar-refractivity contribution is 6.38. The second-order valence-corrected chi connectivity index (χ2v) is 10.2. The first-order chi connectivity index (χ1) is 18.7. The number of unbranched alkanes of at least 4 members (excludes halogenated alkanes) is 2. The van der Waals surface area contributed by atoms with E-state index >= 15 is 0 Å². The Morgan fingerprint density at radius 2 is 1.56 bits per heavy atom. The van der Waals surface area contributed by atoms with Gasteiger partial charge in [0.15, 0.2) is 11.3 Å². The van der Waals surface area contributed by atoms with Gasteiger partial charge in [-0.1, -0.05) is 71.6 Å². The third-order valence-electron chi connectivity index (χ3n) is 6.54. The van der Waals surface area contributed by atoms with E-state index in [0.29, 0.717) is 36.0 Å². The molecule has 39 heavy (non-hydrogen) atoms. The van der Waals surface area contributed by atoms with Crippen LogP contribution >= 0.6 is 23.2 Å². The van der Waals surface area contributed by atoms with E-state index in [4.69, 9.17) is 32.4 Å². The van der Waals surface area contributed by atoms with Crippen LogP contribution in [-0.2, 0) is 4.79 Å². The van der Waals surface area contributed by atoms with Gasteiger partial charge in [-0.15, -0.1) is 0 Å². The largest absolute Gasteiger partial charge is 0.450 e. The van der Waals surface area contributed by atoms with Crippen LogP contribution in [0, 0.1) is 6.92 Å². The zero-order valence-corrected chi connectivity index (χ0v) is 22.5. The zero-order chi connectivity index (χ0) is 27.7. The molecule has 0 bridgehead atoms. The van der Waals surface area contributed by atoms with Gasteiger partial charge in [-0.2, -0.15) is 0 Å². The number of hydrogen-bond acceptors (Lipinski definition) is 6. The highest BCUT2D eigenvalue weighted by atomic mass is 35.5. The van der Waals surface area contributed by atoms with E-state index in [1.807, 2.05) is 19.1 Å². The van der Waals surface area contributed by atoms with Crippen LogP contribution in [0.1, 0.15) is 52.0 Å². The number of benzene rings is 3. The molecular formula is C30H23Cl2NO6. The van der Waals surface area contributed by atoms with Crippen LogP contribution in [-0.4, -0.2) is 29.2 Å². The van der Waals surface area contributed by atoms with Gasteiger partial charge in [0.05, 0.1) is 21.5 Å². The van der Waals surface area contributed by atoms with Crippen molar-refractivity contribution < 1.29 is 23.5 Å². The maximum atomic E-state index is 13.4. The predicted molar refractivity (Wildman–Crippen MR) is 149 cm³/mol. The van der Waals surface area contributed by atoms with Crippen molar-refractivity contribution in [2.45, 2.75) is 32.6 Å². The predicted octanol–water partition coefficient (Wildman–Crippen LogP) is 6.84. The molecule has 0 radical (unpaired) electrons. The fourth-order valence-electron chi connectivity index (χ4n) is 4.52. The third-order valence-corrected chi connectivity index (χ3v) is 7.04. The lowest BCUT2D eigenvalue weighted by atomic mass is 10.1. The number of imide groups is 1. The summed E-state index contributed by atoms with van der Waals surface area (Å²) in [6.07, 6.45) is 1.58. The van der Waals surface area contributed by atoms with E-state index in [1.54, 1.807) is 36.4 Å². The highest BCUT2D eigenvalue weighted by Crippen LogP contribution is 2.35. The number of fused-ring (bicyclic) bond motifs is 2. The number of esters is 1. The molecule has 9 heteroatoms. The fourth-order valence-corrected chi connectivity index (χ4v) is 5.05. The SMILES string of the molecule is Cc1ccc(-c2oc3c(Cl)cc(Cl)cc3c(=O)c2OC(=O)CCCCCN2C(=O)c3ccccc3C2=O)cc1. The number of nitrogens with zero attached hydrogens (tertiary/aromatic N) is 1. The van der Waals surface area contributed by atoms with E-state index in [-0.39, 0.29) is 57.3 Å². The van der Waals surface area contributed by atoms with Gasteiger partial charge in [0.2, 0.25) is 11.2 Å². The van der Waals surface area contributed by atoms with Crippen LogP contribution in [0.15, 0.2) is 69.9 Å². The van der Waals surface area contributed by atoms with Crippen molar-refractivity contribution >= 4 is 52.0 Å². The normalized spacial score (nSPS) is 12.7. The lowest BCUT2D eigenvalue weighted by molar-refractivity contribution is -0.134. The summed E-state index contributed by atoms with van der Waals surface area (Å²) >= 11 is 12.4. The Morgan fingerprint density at radius 3 is 2.23 bits per heavy atom. The molecule has 2 heterocycles. The number of carbonyl (C=O) groups is 3. The average molecular weight is 564 g/mol. The van der Waals surface area contributed by atoms with Gasteiger partial charge in [-0.25, -0.2) is 0 Å². The molecule has 0 atom stereocenters. The van der Waals surface area contributed by atoms with E-state index in [9.17, 15) is 19.2 Å². The lowest BCUT2D eigenvalue weighted by Crippen LogP contribution is -2.30. The Bertz CT molecular complexity index is 1640. The Labute approximate surface area is 233 Å². The first-order valence-electron chi connectivity index (χ1n) is 12.4. The van der Waals surface area contributed by atoms with Gasteiger partial charge in [-0.3, -0.25) is 24.1 Å². The molecule has 1 aliphatic heterocycles. The standard InChI is InChI=1S/C30H23Cl2NO6/c1-17-10-12-18(13-11-17)26-28(25(35)22-15-19(31)16-23(32)27(22)39-26)38-24(34)9-3-2-6-14-33-29(36)20-7-4-5-8-21(20)30(33)37/h4-5,7-8,10-13,15-16H,2-3,6,9,14H2,1H3. The minimum absolute atomic E-state index is 0.0310. The molecule has 0 N–H and O–H groups in total. The number of rotatable bonds is 8. The monoisotopic (exact) mass is 563 g/mol. The van der Waals surface area contributed by atoms with Gasteiger partial charge in [0.1, 0.15) is 0 Å². The molecule has 0 saturated carbocycles. The fraction of sp³-hybridized carbons (Fsp3) is 0.200. The summed E-state index contributed by atoms with van der Waals surface area (Å²) < 4.78 is 11.6. The van der Waals surface area contributed by atoms with E-state index < -0.39 is 11.4 Å². The van der Waals surface area contributed by atoms with Gasteiger partial charge in [-0.05, 0) is 44.0 Å². The molecule has 5 rings (SSSR count).